The molecule has 0 aliphatic heterocycles. The number of hydrogen-bond donors (Lipinski definition) is 1. The van der Waals surface area contributed by atoms with Crippen LogP contribution in [0.25, 0.3) is 0 Å². The van der Waals surface area contributed by atoms with Gasteiger partial charge in [0.05, 0.1) is 40.4 Å². The fraction of sp³-hybridized carbons (Fsp3) is 0.316. The number of aromatic hydroxyl groups is 1. The quantitative estimate of drug-likeness (QED) is 0.288. The third-order valence-electron chi connectivity index (χ3n) is 3.94. The molecule has 9 nitrogen and oxygen atoms in total. The van der Waals surface area contributed by atoms with E-state index in [2.05, 4.69) is 36.9 Å². The monoisotopic (exact) mass is 648 g/mol. The molecule has 184 valence electrons. The minimum absolute atomic E-state index is 0. The van der Waals surface area contributed by atoms with E-state index < -0.39 is 20.2 Å². The van der Waals surface area contributed by atoms with Crippen LogP contribution >= 0.6 is 44.3 Å². The highest BCUT2D eigenvalue weighted by molar-refractivity contribution is 9.11. The summed E-state index contributed by atoms with van der Waals surface area (Å²) in [6, 6.07) is 10.6. The molecule has 0 unspecified atom stereocenters. The smallest absolute Gasteiger partial charge is 0.264 e. The van der Waals surface area contributed by atoms with Crippen LogP contribution in [0.1, 0.15) is 5.56 Å². The van der Waals surface area contributed by atoms with Gasteiger partial charge >= 0.3 is 0 Å². The van der Waals surface area contributed by atoms with Crippen LogP contribution in [-0.2, 0) is 28.6 Å². The highest BCUT2D eigenvalue weighted by Crippen LogP contribution is 2.36. The molecule has 0 atom stereocenters. The lowest BCUT2D eigenvalue weighted by atomic mass is 10.2. The van der Waals surface area contributed by atoms with Gasteiger partial charge in [-0.2, -0.15) is 16.8 Å². The van der Waals surface area contributed by atoms with Crippen molar-refractivity contribution in [2.24, 2.45) is 4.99 Å². The largest absolute Gasteiger partial charge is 0.506 e. The molecule has 2 rings (SSSR count). The first kappa shape index (κ1) is 29.8. The van der Waals surface area contributed by atoms with E-state index in [-0.39, 0.29) is 44.5 Å². The van der Waals surface area contributed by atoms with E-state index in [9.17, 15) is 21.9 Å². The molecule has 0 aliphatic rings. The van der Waals surface area contributed by atoms with Crippen LogP contribution < -0.4 is 4.90 Å². The fourth-order valence-electron chi connectivity index (χ4n) is 2.51. The van der Waals surface area contributed by atoms with Crippen LogP contribution in [0, 0.1) is 0 Å². The minimum atomic E-state index is -3.59. The lowest BCUT2D eigenvalue weighted by Gasteiger charge is -2.24. The molecule has 14 heteroatoms. The highest BCUT2D eigenvalue weighted by atomic mass is 79.9. The molecule has 0 aliphatic carbocycles. The summed E-state index contributed by atoms with van der Waals surface area (Å²) >= 11 is 6.52. The third-order valence-corrected chi connectivity index (χ3v) is 6.34. The zero-order valence-corrected chi connectivity index (χ0v) is 23.3. The van der Waals surface area contributed by atoms with Crippen molar-refractivity contribution >= 4 is 82.1 Å². The number of rotatable bonds is 11. The molecule has 0 bridgehead atoms. The summed E-state index contributed by atoms with van der Waals surface area (Å²) in [5.41, 5.74) is 2.16. The number of phenolic OH excluding ortho intramolecular Hbond substituents is 1. The van der Waals surface area contributed by atoms with Crippen molar-refractivity contribution < 1.29 is 30.3 Å². The van der Waals surface area contributed by atoms with Crippen molar-refractivity contribution in [3.05, 3.63) is 50.9 Å². The van der Waals surface area contributed by atoms with Gasteiger partial charge in [0.2, 0.25) is 0 Å². The molecule has 0 amide bonds. The van der Waals surface area contributed by atoms with Crippen LogP contribution in [0.5, 0.6) is 5.75 Å². The molecule has 2 aromatic carbocycles. The normalized spacial score (nSPS) is 12.0. The number of aliphatic imine (C=N–C) groups is 1. The highest BCUT2D eigenvalue weighted by Gasteiger charge is 2.11. The molecule has 0 saturated heterocycles. The summed E-state index contributed by atoms with van der Waals surface area (Å²) in [6.07, 6.45) is 3.58. The Morgan fingerprint density at radius 3 is 1.82 bits per heavy atom. The van der Waals surface area contributed by atoms with E-state index in [1.54, 1.807) is 35.4 Å². The Balaban J connectivity index is 0.00000544. The molecule has 0 radical (unpaired) electrons. The predicted octanol–water partition coefficient (Wildman–Crippen LogP) is 3.85. The Bertz CT molecular complexity index is 1110. The second-order valence-electron chi connectivity index (χ2n) is 6.65. The van der Waals surface area contributed by atoms with Crippen molar-refractivity contribution in [2.75, 3.05) is 43.7 Å². The van der Waals surface area contributed by atoms with Gasteiger partial charge in [-0.25, -0.2) is 0 Å². The molecule has 0 spiro atoms. The predicted molar refractivity (Wildman–Crippen MR) is 138 cm³/mol. The average Bonchev–Trinajstić information content (AvgIpc) is 2.68. The topological polar surface area (TPSA) is 123 Å². The number of phenols is 1. The molecule has 2 aromatic rings. The molecule has 0 saturated carbocycles. The van der Waals surface area contributed by atoms with Crippen LogP contribution in [0.4, 0.5) is 11.4 Å². The Morgan fingerprint density at radius 1 is 0.939 bits per heavy atom. The van der Waals surface area contributed by atoms with Gasteiger partial charge in [0.25, 0.3) is 20.2 Å². The van der Waals surface area contributed by atoms with Gasteiger partial charge in [-0.1, -0.05) is 12.1 Å². The second-order valence-corrected chi connectivity index (χ2v) is 11.6. The zero-order valence-electron chi connectivity index (χ0n) is 17.6. The molecule has 0 fully saturated rings. The van der Waals surface area contributed by atoms with Crippen LogP contribution in [0.3, 0.4) is 0 Å². The first-order valence-corrected chi connectivity index (χ1v) is 14.3. The van der Waals surface area contributed by atoms with Crippen LogP contribution in [0.15, 0.2) is 50.3 Å². The molecular weight excluding hydrogens is 628 g/mol. The molecule has 33 heavy (non-hydrogen) atoms. The molecule has 0 heterocycles. The maximum absolute atomic E-state index is 11.2. The Hall–Kier alpha value is -1.22. The lowest BCUT2D eigenvalue weighted by molar-refractivity contribution is 0.309. The summed E-state index contributed by atoms with van der Waals surface area (Å²) in [5.74, 6) is 0.0908. The van der Waals surface area contributed by atoms with Gasteiger partial charge in [-0.15, -0.1) is 12.4 Å². The van der Waals surface area contributed by atoms with Gasteiger partial charge in [-0.3, -0.25) is 13.4 Å². The summed E-state index contributed by atoms with van der Waals surface area (Å²) in [7, 11) is -7.18. The Kier molecular flexibility index (Phi) is 11.8. The van der Waals surface area contributed by atoms with Crippen LogP contribution in [-0.4, -0.2) is 67.0 Å². The number of nitrogens with zero attached hydrogens (tertiary/aromatic N) is 2. The zero-order chi connectivity index (χ0) is 23.9. The molecular formula is C19H23Br2ClN2O7S2. The number of hydrogen-bond acceptors (Lipinski definition) is 9. The number of anilines is 1. The van der Waals surface area contributed by atoms with E-state index in [1.807, 2.05) is 12.1 Å². The molecule has 0 aromatic heterocycles. The maximum Gasteiger partial charge on any atom is 0.264 e. The van der Waals surface area contributed by atoms with Crippen molar-refractivity contribution in [2.45, 2.75) is 0 Å². The summed E-state index contributed by atoms with van der Waals surface area (Å²) in [6.45, 7) is 0.240. The van der Waals surface area contributed by atoms with Crippen molar-refractivity contribution in [1.82, 2.24) is 0 Å². The van der Waals surface area contributed by atoms with Crippen molar-refractivity contribution in [1.29, 1.82) is 0 Å². The maximum atomic E-state index is 11.2. The molecule has 1 N–H and O–H groups in total. The Labute approximate surface area is 216 Å². The third kappa shape index (κ3) is 11.2. The standard InChI is InChI=1S/C19H22Br2N2O7S2.ClH/c1-31(25,26)29-9-7-23(8-10-30-32(2,27)28)16-5-3-14(4-6-16)13-22-15-11-17(20)19(24)18(21)12-15;/h3-6,11-13,24H,7-10H2,1-2H3;1H. The average molecular weight is 651 g/mol. The van der Waals surface area contributed by atoms with E-state index in [4.69, 9.17) is 8.37 Å². The number of benzene rings is 2. The fourth-order valence-corrected chi connectivity index (χ4v) is 4.43. The van der Waals surface area contributed by atoms with Crippen LogP contribution in [0.2, 0.25) is 0 Å². The summed E-state index contributed by atoms with van der Waals surface area (Å²) < 4.78 is 55.4. The van der Waals surface area contributed by atoms with Crippen molar-refractivity contribution in [3.63, 3.8) is 0 Å². The van der Waals surface area contributed by atoms with E-state index in [0.29, 0.717) is 14.6 Å². The first-order chi connectivity index (χ1) is 14.8. The lowest BCUT2D eigenvalue weighted by Crippen LogP contribution is -2.32. The van der Waals surface area contributed by atoms with Gasteiger partial charge in [0.1, 0.15) is 5.75 Å². The van der Waals surface area contributed by atoms with Gasteiger partial charge in [0, 0.05) is 25.0 Å². The minimum Gasteiger partial charge on any atom is -0.506 e. The first-order valence-electron chi connectivity index (χ1n) is 9.10. The SMILES string of the molecule is CS(=O)(=O)OCCN(CCOS(C)(=O)=O)c1ccc(C=Nc2cc(Br)c(O)c(Br)c2)cc1.Cl. The van der Waals surface area contributed by atoms with Gasteiger partial charge < -0.3 is 10.0 Å². The van der Waals surface area contributed by atoms with E-state index in [0.717, 1.165) is 23.8 Å². The van der Waals surface area contributed by atoms with Gasteiger partial charge in [-0.05, 0) is 61.7 Å². The Morgan fingerprint density at radius 2 is 1.39 bits per heavy atom. The summed E-state index contributed by atoms with van der Waals surface area (Å²) in [5, 5.41) is 9.78. The second kappa shape index (κ2) is 13.0. The van der Waals surface area contributed by atoms with E-state index >= 15 is 0 Å². The number of halogens is 3. The van der Waals surface area contributed by atoms with Crippen molar-refractivity contribution in [3.8, 4) is 5.75 Å². The summed E-state index contributed by atoms with van der Waals surface area (Å²) in [4.78, 5) is 6.14. The van der Waals surface area contributed by atoms with Gasteiger partial charge in [0.15, 0.2) is 0 Å². The van der Waals surface area contributed by atoms with E-state index in [1.165, 1.54) is 0 Å².